The summed E-state index contributed by atoms with van der Waals surface area (Å²) in [6, 6.07) is 5.90. The lowest BCUT2D eigenvalue weighted by Crippen LogP contribution is -2.53. The van der Waals surface area contributed by atoms with Crippen molar-refractivity contribution in [1.29, 1.82) is 0 Å². The first kappa shape index (κ1) is 34.9. The quantitative estimate of drug-likeness (QED) is 0.161. The van der Waals surface area contributed by atoms with E-state index < -0.39 is 46.1 Å². The Hall–Kier alpha value is -1.46. The first-order chi connectivity index (χ1) is 20.9. The van der Waals surface area contributed by atoms with Crippen molar-refractivity contribution in [2.24, 2.45) is 35.0 Å². The van der Waals surface area contributed by atoms with Crippen LogP contribution in [0.5, 0.6) is 5.75 Å². The van der Waals surface area contributed by atoms with E-state index in [0.717, 1.165) is 57.9 Å². The third-order valence-corrected chi connectivity index (χ3v) is 14.1. The van der Waals surface area contributed by atoms with Gasteiger partial charge in [-0.3, -0.25) is 0 Å². The van der Waals surface area contributed by atoms with Crippen molar-refractivity contribution in [2.75, 3.05) is 31.6 Å². The number of aromatic hydroxyl groups is 1. The van der Waals surface area contributed by atoms with Gasteiger partial charge >= 0.3 is 12.1 Å². The molecule has 5 nitrogen and oxygen atoms in total. The molecule has 0 aromatic heterocycles. The molecule has 0 bridgehead atoms. The maximum absolute atomic E-state index is 13.1. The highest BCUT2D eigenvalue weighted by Gasteiger charge is 2.74. The molecule has 45 heavy (non-hydrogen) atoms. The minimum absolute atomic E-state index is 0.0568. The van der Waals surface area contributed by atoms with Crippen molar-refractivity contribution < 1.29 is 40.6 Å². The Kier molecular flexibility index (Phi) is 9.71. The van der Waals surface area contributed by atoms with Crippen molar-refractivity contribution >= 4 is 9.84 Å². The maximum atomic E-state index is 13.1. The highest BCUT2D eigenvalue weighted by Crippen LogP contribution is 2.76. The predicted molar refractivity (Wildman–Crippen MR) is 164 cm³/mol. The molecule has 0 radical (unpaired) electrons. The Bertz CT molecular complexity index is 1320. The molecule has 11 heteroatoms. The summed E-state index contributed by atoms with van der Waals surface area (Å²) in [5.74, 6) is -2.41. The summed E-state index contributed by atoms with van der Waals surface area (Å²) in [6.45, 7) is 5.70. The molecule has 0 amide bonds. The second-order valence-corrected chi connectivity index (χ2v) is 17.4. The smallest absolute Gasteiger partial charge is 0.453 e. The Labute approximate surface area is 264 Å². The number of hydrogen-bond donors (Lipinski definition) is 2. The number of halogens is 5. The average molecular weight is 664 g/mol. The fraction of sp³-hybridized carbons (Fsp3) is 0.824. The molecule has 0 heterocycles. The number of sulfone groups is 1. The molecule has 0 saturated heterocycles. The standard InChI is InChI=1S/C34H50F5NO4S/c1-31-14-12-26-25-11-10-24(41)20-23(25)19-22(29(26)30(31)27-21-28(27)32(31,2)42)9-5-4-6-15-40(3)16-8-18-45(43,44)17-7-13-33(35,36)34(37,38)39/h10-11,20,22,26-30,41-42H,4-9,12-19,21H2,1-3H3/t22-,26-,27-,28+,29-,30+,31+,32+/m1/s1. The molecule has 3 fully saturated rings. The van der Waals surface area contributed by atoms with Crippen LogP contribution in [0.15, 0.2) is 18.2 Å². The van der Waals surface area contributed by atoms with Crippen LogP contribution in [0.1, 0.15) is 95.1 Å². The molecule has 0 unspecified atom stereocenters. The van der Waals surface area contributed by atoms with Gasteiger partial charge in [-0.2, -0.15) is 22.0 Å². The van der Waals surface area contributed by atoms with Gasteiger partial charge in [0.2, 0.25) is 0 Å². The fourth-order valence-electron chi connectivity index (χ4n) is 9.74. The summed E-state index contributed by atoms with van der Waals surface area (Å²) < 4.78 is 87.4. The van der Waals surface area contributed by atoms with Crippen LogP contribution < -0.4 is 0 Å². The van der Waals surface area contributed by atoms with Crippen molar-refractivity contribution in [2.45, 2.75) is 108 Å². The number of nitrogens with zero attached hydrogens (tertiary/aromatic N) is 1. The Morgan fingerprint density at radius 1 is 1.00 bits per heavy atom. The Balaban J connectivity index is 1.08. The lowest BCUT2D eigenvalue weighted by atomic mass is 9.49. The minimum atomic E-state index is -5.66. The molecule has 3 saturated carbocycles. The Morgan fingerprint density at radius 3 is 2.40 bits per heavy atom. The molecule has 1 aromatic carbocycles. The zero-order chi connectivity index (χ0) is 33.0. The first-order valence-corrected chi connectivity index (χ1v) is 18.6. The number of aliphatic hydroxyl groups is 1. The highest BCUT2D eigenvalue weighted by molar-refractivity contribution is 7.91. The van der Waals surface area contributed by atoms with E-state index in [1.807, 2.05) is 24.1 Å². The molecule has 0 aliphatic heterocycles. The number of rotatable bonds is 14. The van der Waals surface area contributed by atoms with E-state index in [0.29, 0.717) is 54.2 Å². The van der Waals surface area contributed by atoms with E-state index in [-0.39, 0.29) is 11.2 Å². The number of phenols is 1. The van der Waals surface area contributed by atoms with Crippen LogP contribution in [-0.2, 0) is 16.3 Å². The topological polar surface area (TPSA) is 77.8 Å². The molecule has 8 atom stereocenters. The first-order valence-electron chi connectivity index (χ1n) is 16.8. The molecule has 5 rings (SSSR count). The van der Waals surface area contributed by atoms with Gasteiger partial charge in [0.05, 0.1) is 17.1 Å². The molecule has 1 aromatic rings. The van der Waals surface area contributed by atoms with E-state index in [1.54, 1.807) is 0 Å². The summed E-state index contributed by atoms with van der Waals surface area (Å²) >= 11 is 0. The summed E-state index contributed by atoms with van der Waals surface area (Å²) in [5.41, 5.74) is 1.99. The largest absolute Gasteiger partial charge is 0.508 e. The van der Waals surface area contributed by atoms with Gasteiger partial charge in [0.1, 0.15) is 15.6 Å². The van der Waals surface area contributed by atoms with E-state index in [4.69, 9.17) is 0 Å². The van der Waals surface area contributed by atoms with Gasteiger partial charge < -0.3 is 15.1 Å². The third-order valence-electron chi connectivity index (χ3n) is 12.3. The predicted octanol–water partition coefficient (Wildman–Crippen LogP) is 7.36. The van der Waals surface area contributed by atoms with Crippen LogP contribution >= 0.6 is 0 Å². The van der Waals surface area contributed by atoms with Gasteiger partial charge in [-0.25, -0.2) is 8.42 Å². The van der Waals surface area contributed by atoms with Crippen LogP contribution in [0.2, 0.25) is 0 Å². The lowest BCUT2D eigenvalue weighted by Gasteiger charge is -2.56. The maximum Gasteiger partial charge on any atom is 0.453 e. The molecule has 256 valence electrons. The molecule has 2 N–H and O–H groups in total. The number of unbranched alkanes of at least 4 members (excludes halogenated alkanes) is 2. The second-order valence-electron chi connectivity index (χ2n) is 15.1. The summed E-state index contributed by atoms with van der Waals surface area (Å²) in [6.07, 6.45) is 0.744. The van der Waals surface area contributed by atoms with E-state index in [2.05, 4.69) is 19.9 Å². The van der Waals surface area contributed by atoms with Crippen LogP contribution in [0.25, 0.3) is 0 Å². The van der Waals surface area contributed by atoms with Crippen molar-refractivity contribution in [1.82, 2.24) is 4.90 Å². The molecular weight excluding hydrogens is 613 g/mol. The highest BCUT2D eigenvalue weighted by atomic mass is 32.2. The van der Waals surface area contributed by atoms with Crippen LogP contribution in [0.3, 0.4) is 0 Å². The van der Waals surface area contributed by atoms with Gasteiger partial charge in [-0.1, -0.05) is 25.8 Å². The molecule has 4 aliphatic rings. The van der Waals surface area contributed by atoms with Gasteiger partial charge in [0.15, 0.2) is 0 Å². The van der Waals surface area contributed by atoms with Crippen LogP contribution in [0, 0.1) is 35.0 Å². The fourth-order valence-corrected chi connectivity index (χ4v) is 11.1. The third kappa shape index (κ3) is 6.92. The van der Waals surface area contributed by atoms with E-state index in [9.17, 15) is 40.6 Å². The van der Waals surface area contributed by atoms with Crippen molar-refractivity contribution in [3.8, 4) is 5.75 Å². The van der Waals surface area contributed by atoms with Crippen molar-refractivity contribution in [3.05, 3.63) is 29.3 Å². The zero-order valence-electron chi connectivity index (χ0n) is 26.8. The van der Waals surface area contributed by atoms with Gasteiger partial charge in [-0.15, -0.1) is 0 Å². The SMILES string of the molecule is CN(CCCCC[C@@H]1Cc2cc(O)ccc2[C@H]2CC[C@@]3(C)[C@@H]([C@@H]4C[C@@H]4[C@]3(C)O)[C@H]12)CCCS(=O)(=O)CCCC(F)(F)C(F)(F)F. The number of hydrogen-bond acceptors (Lipinski definition) is 5. The molecule has 0 spiro atoms. The van der Waals surface area contributed by atoms with E-state index in [1.165, 1.54) is 11.1 Å². The Morgan fingerprint density at radius 2 is 1.69 bits per heavy atom. The zero-order valence-corrected chi connectivity index (χ0v) is 27.6. The number of fused-ring (bicyclic) bond motifs is 7. The normalized spacial score (nSPS) is 34.3. The van der Waals surface area contributed by atoms with Crippen LogP contribution in [0.4, 0.5) is 22.0 Å². The minimum Gasteiger partial charge on any atom is -0.508 e. The molecular formula is C34H50F5NO4S. The number of alkyl halides is 5. The number of phenolic OH excluding ortho intramolecular Hbond substituents is 1. The van der Waals surface area contributed by atoms with Gasteiger partial charge in [0.25, 0.3) is 0 Å². The summed E-state index contributed by atoms with van der Waals surface area (Å²) in [5, 5.41) is 21.9. The van der Waals surface area contributed by atoms with Gasteiger partial charge in [0, 0.05) is 6.42 Å². The summed E-state index contributed by atoms with van der Waals surface area (Å²) in [4.78, 5) is 2.05. The van der Waals surface area contributed by atoms with Crippen molar-refractivity contribution in [3.63, 3.8) is 0 Å². The lowest BCUT2D eigenvalue weighted by molar-refractivity contribution is -0.284. The monoisotopic (exact) mass is 663 g/mol. The second kappa shape index (κ2) is 12.5. The molecule has 4 aliphatic carbocycles. The van der Waals surface area contributed by atoms with Crippen LogP contribution in [-0.4, -0.2) is 72.9 Å². The number of benzene rings is 1. The summed E-state index contributed by atoms with van der Waals surface area (Å²) in [7, 11) is -1.79. The average Bonchev–Trinajstić information content (AvgIpc) is 3.69. The van der Waals surface area contributed by atoms with E-state index >= 15 is 0 Å². The van der Waals surface area contributed by atoms with Gasteiger partial charge in [-0.05, 0) is 143 Å².